The molecule has 2 aliphatic rings. The second-order valence-electron chi connectivity index (χ2n) is 9.49. The van der Waals surface area contributed by atoms with Gasteiger partial charge in [0.25, 0.3) is 15.9 Å². The molecule has 10 nitrogen and oxygen atoms in total. The van der Waals surface area contributed by atoms with Gasteiger partial charge in [0.2, 0.25) is 10.0 Å². The molecule has 0 bridgehead atoms. The van der Waals surface area contributed by atoms with E-state index in [1.807, 2.05) is 13.8 Å². The molecule has 0 saturated heterocycles. The number of benzene rings is 2. The van der Waals surface area contributed by atoms with E-state index in [9.17, 15) is 31.1 Å². The summed E-state index contributed by atoms with van der Waals surface area (Å²) in [6.07, 6.45) is 1.61. The second kappa shape index (κ2) is 9.78. The number of hydrogen-bond donors (Lipinski definition) is 3. The lowest BCUT2D eigenvalue weighted by atomic mass is 9.92. The molecule has 13 heteroatoms. The number of rotatable bonds is 7. The minimum atomic E-state index is -4.35. The van der Waals surface area contributed by atoms with Crippen molar-refractivity contribution in [1.29, 1.82) is 0 Å². The van der Waals surface area contributed by atoms with E-state index in [1.54, 1.807) is 12.1 Å². The normalized spacial score (nSPS) is 19.4. The van der Waals surface area contributed by atoms with Crippen molar-refractivity contribution in [3.05, 3.63) is 65.2 Å². The highest BCUT2D eigenvalue weighted by atomic mass is 32.2. The zero-order chi connectivity index (χ0) is 27.1. The van der Waals surface area contributed by atoms with E-state index in [2.05, 4.69) is 14.4 Å². The van der Waals surface area contributed by atoms with Gasteiger partial charge in [0, 0.05) is 24.7 Å². The van der Waals surface area contributed by atoms with Gasteiger partial charge in [-0.15, -0.1) is 4.40 Å². The maximum absolute atomic E-state index is 13.7. The number of nitrogens with zero attached hydrogens (tertiary/aromatic N) is 2. The summed E-state index contributed by atoms with van der Waals surface area (Å²) in [4.78, 5) is 14.9. The Hall–Kier alpha value is -3.45. The number of halogens is 1. The molecule has 2 aromatic carbocycles. The molecular weight excluding hydrogens is 523 g/mol. The highest BCUT2D eigenvalue weighted by Gasteiger charge is 2.39. The van der Waals surface area contributed by atoms with Crippen LogP contribution < -0.4 is 10.0 Å². The van der Waals surface area contributed by atoms with Gasteiger partial charge in [-0.3, -0.25) is 9.52 Å². The van der Waals surface area contributed by atoms with E-state index >= 15 is 0 Å². The Morgan fingerprint density at radius 2 is 1.89 bits per heavy atom. The summed E-state index contributed by atoms with van der Waals surface area (Å²) < 4.78 is 68.4. The van der Waals surface area contributed by atoms with Gasteiger partial charge >= 0.3 is 0 Å². The number of carbonyl (C=O) groups excluding carboxylic acids is 1. The SMILES string of the molecule is CC(C)C[C@@H]1CC(O)=C(C2=NS(=O)(=O)c3cc(NS(C)(=O)=O)ccc3N2)C(=O)N1Cc1ccc(F)cc1. The number of aliphatic hydroxyl groups excluding tert-OH is 1. The Kier molecular flexibility index (Phi) is 7.04. The fraction of sp³-hybridized carbons (Fsp3) is 0.333. The standard InChI is InChI=1S/C24H27FN4O6S2/c1-14(2)10-18-12-20(30)22(24(31)29(18)13-15-4-6-16(25)7-5-15)23-26-19-9-8-17(27-36(3,32)33)11-21(19)37(34,35)28-23/h4-9,11,14,18,27,30H,10,12-13H2,1-3H3,(H,26,28)/t18-/m1/s1. The van der Waals surface area contributed by atoms with Crippen LogP contribution in [-0.2, 0) is 31.4 Å². The van der Waals surface area contributed by atoms with Gasteiger partial charge in [-0.1, -0.05) is 26.0 Å². The molecule has 4 rings (SSSR count). The van der Waals surface area contributed by atoms with Gasteiger partial charge in [-0.25, -0.2) is 12.8 Å². The minimum absolute atomic E-state index is 0.0306. The van der Waals surface area contributed by atoms with Crippen molar-refractivity contribution in [3.8, 4) is 0 Å². The highest BCUT2D eigenvalue weighted by molar-refractivity contribution is 7.92. The molecule has 0 unspecified atom stereocenters. The molecular formula is C24H27FN4O6S2. The van der Waals surface area contributed by atoms with Gasteiger partial charge < -0.3 is 15.3 Å². The lowest BCUT2D eigenvalue weighted by Crippen LogP contribution is -2.47. The number of amides is 1. The van der Waals surface area contributed by atoms with Crippen LogP contribution in [0.5, 0.6) is 0 Å². The molecule has 0 aliphatic carbocycles. The number of sulfonamides is 2. The van der Waals surface area contributed by atoms with Crippen molar-refractivity contribution in [1.82, 2.24) is 4.90 Å². The van der Waals surface area contributed by atoms with Crippen LogP contribution in [0.1, 0.15) is 32.3 Å². The van der Waals surface area contributed by atoms with Crippen molar-refractivity contribution in [2.45, 2.75) is 44.2 Å². The summed E-state index contributed by atoms with van der Waals surface area (Å²) in [5, 5.41) is 13.7. The number of hydrogen-bond acceptors (Lipinski definition) is 7. The van der Waals surface area contributed by atoms with Crippen LogP contribution in [0.25, 0.3) is 0 Å². The number of anilines is 2. The van der Waals surface area contributed by atoms with E-state index < -0.39 is 31.8 Å². The quantitative estimate of drug-likeness (QED) is 0.479. The molecule has 3 N–H and O–H groups in total. The summed E-state index contributed by atoms with van der Waals surface area (Å²) in [5.74, 6) is -1.43. The molecule has 0 radical (unpaired) electrons. The van der Waals surface area contributed by atoms with Crippen molar-refractivity contribution in [2.24, 2.45) is 10.3 Å². The number of amidine groups is 1. The Balaban J connectivity index is 1.71. The first-order valence-electron chi connectivity index (χ1n) is 11.5. The van der Waals surface area contributed by atoms with Crippen molar-refractivity contribution in [3.63, 3.8) is 0 Å². The molecule has 2 heterocycles. The predicted octanol–water partition coefficient (Wildman–Crippen LogP) is 3.37. The number of carbonyl (C=O) groups is 1. The van der Waals surface area contributed by atoms with Crippen LogP contribution in [0, 0.1) is 11.7 Å². The average Bonchev–Trinajstić information content (AvgIpc) is 2.76. The smallest absolute Gasteiger partial charge is 0.286 e. The largest absolute Gasteiger partial charge is 0.511 e. The topological polar surface area (TPSA) is 145 Å². The summed E-state index contributed by atoms with van der Waals surface area (Å²) in [6, 6.07) is 9.17. The van der Waals surface area contributed by atoms with Crippen LogP contribution in [-0.4, -0.2) is 50.9 Å². The molecule has 1 amide bonds. The maximum atomic E-state index is 13.7. The molecule has 2 aromatic rings. The fourth-order valence-corrected chi connectivity index (χ4v) is 6.10. The third-order valence-corrected chi connectivity index (χ3v) is 7.83. The first-order valence-corrected chi connectivity index (χ1v) is 14.8. The summed E-state index contributed by atoms with van der Waals surface area (Å²) in [7, 11) is -7.99. The first kappa shape index (κ1) is 26.6. The zero-order valence-electron chi connectivity index (χ0n) is 20.4. The van der Waals surface area contributed by atoms with E-state index in [1.165, 1.54) is 29.2 Å². The molecule has 0 aromatic heterocycles. The molecule has 0 saturated carbocycles. The third kappa shape index (κ3) is 5.93. The molecule has 1 atom stereocenters. The monoisotopic (exact) mass is 550 g/mol. The van der Waals surface area contributed by atoms with Gasteiger partial charge in [0.1, 0.15) is 22.0 Å². The number of aliphatic hydroxyl groups is 1. The summed E-state index contributed by atoms with van der Waals surface area (Å²) in [5.41, 5.74) is 0.510. The third-order valence-electron chi connectivity index (χ3n) is 5.91. The van der Waals surface area contributed by atoms with Gasteiger partial charge in [0.15, 0.2) is 5.84 Å². The number of nitrogens with one attached hydrogen (secondary N) is 2. The molecule has 37 heavy (non-hydrogen) atoms. The first-order chi connectivity index (χ1) is 17.2. The maximum Gasteiger partial charge on any atom is 0.286 e. The Labute approximate surface area is 215 Å². The van der Waals surface area contributed by atoms with E-state index in [4.69, 9.17) is 0 Å². The minimum Gasteiger partial charge on any atom is -0.511 e. The Morgan fingerprint density at radius 3 is 2.51 bits per heavy atom. The molecule has 198 valence electrons. The van der Waals surface area contributed by atoms with Gasteiger partial charge in [-0.2, -0.15) is 8.42 Å². The van der Waals surface area contributed by atoms with Gasteiger partial charge in [0.05, 0.1) is 11.9 Å². The van der Waals surface area contributed by atoms with Crippen molar-refractivity contribution >= 4 is 43.2 Å². The van der Waals surface area contributed by atoms with Gasteiger partial charge in [-0.05, 0) is 48.2 Å². The fourth-order valence-electron chi connectivity index (χ4n) is 4.39. The predicted molar refractivity (Wildman–Crippen MR) is 138 cm³/mol. The number of fused-ring (bicyclic) bond motifs is 1. The lowest BCUT2D eigenvalue weighted by molar-refractivity contribution is -0.131. The van der Waals surface area contributed by atoms with Crippen molar-refractivity contribution in [2.75, 3.05) is 16.3 Å². The summed E-state index contributed by atoms with van der Waals surface area (Å²) >= 11 is 0. The molecule has 0 spiro atoms. The van der Waals surface area contributed by atoms with Crippen LogP contribution in [0.4, 0.5) is 15.8 Å². The Bertz CT molecular complexity index is 1520. The zero-order valence-corrected chi connectivity index (χ0v) is 22.0. The van der Waals surface area contributed by atoms with Crippen LogP contribution in [0.15, 0.2) is 63.1 Å². The lowest BCUT2D eigenvalue weighted by Gasteiger charge is -2.38. The average molecular weight is 551 g/mol. The molecule has 0 fully saturated rings. The van der Waals surface area contributed by atoms with E-state index in [0.29, 0.717) is 12.0 Å². The summed E-state index contributed by atoms with van der Waals surface area (Å²) in [6.45, 7) is 4.10. The van der Waals surface area contributed by atoms with Crippen molar-refractivity contribution < 1.29 is 31.1 Å². The van der Waals surface area contributed by atoms with Crippen LogP contribution >= 0.6 is 0 Å². The Morgan fingerprint density at radius 1 is 1.22 bits per heavy atom. The van der Waals surface area contributed by atoms with E-state index in [-0.39, 0.29) is 58.4 Å². The second-order valence-corrected chi connectivity index (χ2v) is 12.8. The highest BCUT2D eigenvalue weighted by Crippen LogP contribution is 2.35. The van der Waals surface area contributed by atoms with Crippen LogP contribution in [0.2, 0.25) is 0 Å². The molecule has 2 aliphatic heterocycles. The van der Waals surface area contributed by atoms with Crippen LogP contribution in [0.3, 0.4) is 0 Å². The van der Waals surface area contributed by atoms with E-state index in [0.717, 1.165) is 12.3 Å².